The second kappa shape index (κ2) is 9.15. The lowest BCUT2D eigenvalue weighted by Crippen LogP contribution is -2.52. The molecular formula is C24H18Br2FN3O6. The lowest BCUT2D eigenvalue weighted by Gasteiger charge is -2.30. The molecule has 186 valence electrons. The third-order valence-corrected chi connectivity index (χ3v) is 10.4. The van der Waals surface area contributed by atoms with Gasteiger partial charge in [0.1, 0.15) is 12.4 Å². The van der Waals surface area contributed by atoms with Crippen LogP contribution in [0, 0.1) is 39.6 Å². The van der Waals surface area contributed by atoms with Crippen molar-refractivity contribution in [2.24, 2.45) is 23.7 Å². The number of ketones is 1. The Hall–Kier alpha value is -2.99. The van der Waals surface area contributed by atoms with Crippen LogP contribution >= 0.6 is 31.9 Å². The molecule has 1 aliphatic heterocycles. The molecule has 2 bridgehead atoms. The van der Waals surface area contributed by atoms with Crippen LogP contribution in [0.25, 0.3) is 0 Å². The maximum atomic E-state index is 13.6. The Morgan fingerprint density at radius 1 is 1.00 bits per heavy atom. The lowest BCUT2D eigenvalue weighted by atomic mass is 9.81. The second-order valence-electron chi connectivity index (χ2n) is 9.09. The lowest BCUT2D eigenvalue weighted by molar-refractivity contribution is -0.384. The number of nitro groups is 1. The Bertz CT molecular complexity index is 1270. The van der Waals surface area contributed by atoms with Crippen LogP contribution in [-0.4, -0.2) is 54.6 Å². The van der Waals surface area contributed by atoms with Crippen LogP contribution in [0.1, 0.15) is 27.1 Å². The SMILES string of the molecule is O=C(CN(C(=O)c1cccc([N+](=O)[O-])c1)N1C(=O)[C@@H]2[C@H]3C[C@@H]([C@H](Br)[C@@H]3Br)[C@@H]2C1=O)c1ccc(F)cc1. The molecule has 2 saturated carbocycles. The van der Waals surface area contributed by atoms with Gasteiger partial charge < -0.3 is 0 Å². The average Bonchev–Trinajstić information content (AvgIpc) is 3.47. The van der Waals surface area contributed by atoms with Crippen LogP contribution in [-0.2, 0) is 9.59 Å². The Balaban J connectivity index is 1.52. The van der Waals surface area contributed by atoms with Gasteiger partial charge in [-0.15, -0.1) is 0 Å². The number of benzene rings is 2. The molecule has 1 heterocycles. The number of halogens is 3. The molecule has 9 nitrogen and oxygen atoms in total. The number of carbonyl (C=O) groups is 4. The van der Waals surface area contributed by atoms with Crippen molar-refractivity contribution in [2.45, 2.75) is 16.1 Å². The van der Waals surface area contributed by atoms with Crippen LogP contribution in [0.2, 0.25) is 0 Å². The van der Waals surface area contributed by atoms with Gasteiger partial charge >= 0.3 is 0 Å². The first-order valence-electron chi connectivity index (χ1n) is 11.1. The van der Waals surface area contributed by atoms with E-state index in [0.717, 1.165) is 28.2 Å². The van der Waals surface area contributed by atoms with E-state index >= 15 is 0 Å². The summed E-state index contributed by atoms with van der Waals surface area (Å²) in [5, 5.41) is 12.7. The Labute approximate surface area is 221 Å². The number of hydrogen-bond acceptors (Lipinski definition) is 6. The number of carbonyl (C=O) groups excluding carboxylic acids is 4. The minimum Gasteiger partial charge on any atom is -0.292 e. The van der Waals surface area contributed by atoms with Crippen LogP contribution < -0.4 is 0 Å². The minimum atomic E-state index is -0.908. The number of imide groups is 1. The van der Waals surface area contributed by atoms with Gasteiger partial charge in [-0.3, -0.25) is 29.3 Å². The van der Waals surface area contributed by atoms with Crippen LogP contribution in [0.4, 0.5) is 10.1 Å². The summed E-state index contributed by atoms with van der Waals surface area (Å²) < 4.78 is 13.4. The van der Waals surface area contributed by atoms with Crippen molar-refractivity contribution < 1.29 is 28.5 Å². The zero-order valence-corrected chi connectivity index (χ0v) is 21.6. The first-order valence-corrected chi connectivity index (χ1v) is 12.9. The van der Waals surface area contributed by atoms with Gasteiger partial charge in [-0.1, -0.05) is 37.9 Å². The van der Waals surface area contributed by atoms with E-state index in [-0.39, 0.29) is 38.3 Å². The van der Waals surface area contributed by atoms with Gasteiger partial charge in [0.2, 0.25) is 0 Å². The van der Waals surface area contributed by atoms with Crippen molar-refractivity contribution in [2.75, 3.05) is 6.54 Å². The van der Waals surface area contributed by atoms with Crippen LogP contribution in [0.15, 0.2) is 48.5 Å². The van der Waals surface area contributed by atoms with E-state index in [4.69, 9.17) is 0 Å². The monoisotopic (exact) mass is 621 g/mol. The molecule has 2 aliphatic carbocycles. The average molecular weight is 623 g/mol. The second-order valence-corrected chi connectivity index (χ2v) is 11.2. The molecule has 0 N–H and O–H groups in total. The van der Waals surface area contributed by atoms with E-state index < -0.39 is 52.6 Å². The van der Waals surface area contributed by atoms with E-state index in [1.54, 1.807) is 0 Å². The maximum absolute atomic E-state index is 13.6. The highest BCUT2D eigenvalue weighted by Crippen LogP contribution is 2.60. The molecule has 2 aromatic carbocycles. The molecule has 0 radical (unpaired) electrons. The fourth-order valence-corrected chi connectivity index (χ4v) is 7.44. The molecule has 3 fully saturated rings. The van der Waals surface area contributed by atoms with Crippen molar-refractivity contribution in [1.29, 1.82) is 0 Å². The Morgan fingerprint density at radius 3 is 2.14 bits per heavy atom. The highest BCUT2D eigenvalue weighted by Gasteiger charge is 2.67. The smallest absolute Gasteiger partial charge is 0.273 e. The molecule has 0 aromatic heterocycles. The number of nitro benzene ring substituents is 1. The third kappa shape index (κ3) is 3.86. The van der Waals surface area contributed by atoms with E-state index in [1.807, 2.05) is 0 Å². The summed E-state index contributed by atoms with van der Waals surface area (Å²) >= 11 is 7.21. The van der Waals surface area contributed by atoms with Crippen molar-refractivity contribution in [3.05, 3.63) is 75.6 Å². The van der Waals surface area contributed by atoms with Crippen molar-refractivity contribution >= 4 is 61.1 Å². The number of amides is 3. The highest BCUT2D eigenvalue weighted by molar-refractivity contribution is 9.12. The fourth-order valence-electron chi connectivity index (χ4n) is 5.57. The molecule has 1 saturated heterocycles. The zero-order chi connectivity index (χ0) is 25.9. The summed E-state index contributed by atoms with van der Waals surface area (Å²) in [4.78, 5) is 64.3. The minimum absolute atomic E-state index is 0.0257. The highest BCUT2D eigenvalue weighted by atomic mass is 79.9. The van der Waals surface area contributed by atoms with Crippen molar-refractivity contribution in [3.8, 4) is 0 Å². The summed E-state index contributed by atoms with van der Waals surface area (Å²) in [5.74, 6) is -4.76. The van der Waals surface area contributed by atoms with Gasteiger partial charge in [0.15, 0.2) is 5.78 Å². The Morgan fingerprint density at radius 2 is 1.58 bits per heavy atom. The number of fused-ring (bicyclic) bond motifs is 5. The third-order valence-electron chi connectivity index (χ3n) is 7.20. The normalized spacial score (nSPS) is 28.4. The number of Topliss-reactive ketones (excluding diaryl/α,β-unsaturated/α-hetero) is 1. The number of alkyl halides is 2. The number of rotatable bonds is 6. The van der Waals surface area contributed by atoms with Crippen LogP contribution in [0.3, 0.4) is 0 Å². The molecule has 2 aromatic rings. The number of hydrogen-bond donors (Lipinski definition) is 0. The number of non-ortho nitro benzene ring substituents is 1. The molecule has 3 aliphatic rings. The molecule has 0 unspecified atom stereocenters. The van der Waals surface area contributed by atoms with Crippen LogP contribution in [0.5, 0.6) is 0 Å². The maximum Gasteiger partial charge on any atom is 0.273 e. The number of nitrogens with zero attached hydrogens (tertiary/aromatic N) is 3. The molecule has 12 heteroatoms. The summed E-state index contributed by atoms with van der Waals surface area (Å²) in [6.07, 6.45) is 0.680. The standard InChI is InChI=1S/C24H18Br2FN3O6/c25-20-15-9-16(21(20)26)19-18(15)23(33)29(24(19)34)28(10-17(31)11-4-6-13(27)7-5-11)22(32)12-2-1-3-14(8-12)30(35)36/h1-8,15-16,18-21H,9-10H2/t15-,16-,18-,19+,20-,21+/m1/s1. The molecule has 0 spiro atoms. The van der Waals surface area contributed by atoms with Gasteiger partial charge in [0, 0.05) is 32.9 Å². The predicted octanol–water partition coefficient (Wildman–Crippen LogP) is 3.75. The van der Waals surface area contributed by atoms with Gasteiger partial charge in [0.05, 0.1) is 16.8 Å². The van der Waals surface area contributed by atoms with Gasteiger partial charge in [0.25, 0.3) is 23.4 Å². The Kier molecular flexibility index (Phi) is 6.27. The summed E-state index contributed by atoms with van der Waals surface area (Å²) in [6, 6.07) is 9.48. The van der Waals surface area contributed by atoms with E-state index in [0.29, 0.717) is 6.42 Å². The molecule has 36 heavy (non-hydrogen) atoms. The van der Waals surface area contributed by atoms with Gasteiger partial charge in [-0.25, -0.2) is 9.40 Å². The van der Waals surface area contributed by atoms with E-state index in [1.165, 1.54) is 30.3 Å². The molecule has 6 atom stereocenters. The topological polar surface area (TPSA) is 118 Å². The predicted molar refractivity (Wildman–Crippen MR) is 131 cm³/mol. The first kappa shape index (κ1) is 24.7. The fraction of sp³-hybridized carbons (Fsp3) is 0.333. The zero-order valence-electron chi connectivity index (χ0n) is 18.4. The van der Waals surface area contributed by atoms with Gasteiger partial charge in [-0.2, -0.15) is 5.01 Å². The quantitative estimate of drug-likeness (QED) is 0.159. The first-order chi connectivity index (χ1) is 17.1. The van der Waals surface area contributed by atoms with Gasteiger partial charge in [-0.05, 0) is 48.6 Å². The van der Waals surface area contributed by atoms with E-state index in [2.05, 4.69) is 31.9 Å². The molecule has 5 rings (SSSR count). The summed E-state index contributed by atoms with van der Waals surface area (Å²) in [6.45, 7) is -0.686. The largest absolute Gasteiger partial charge is 0.292 e. The molecular weight excluding hydrogens is 605 g/mol. The molecule has 3 amide bonds. The van der Waals surface area contributed by atoms with Crippen molar-refractivity contribution in [3.63, 3.8) is 0 Å². The summed E-state index contributed by atoms with van der Waals surface area (Å²) in [5.41, 5.74) is -0.439. The van der Waals surface area contributed by atoms with E-state index in [9.17, 15) is 33.7 Å². The van der Waals surface area contributed by atoms with Crippen molar-refractivity contribution in [1.82, 2.24) is 10.0 Å². The number of hydrazine groups is 1. The summed E-state index contributed by atoms with van der Waals surface area (Å²) in [7, 11) is 0.